The van der Waals surface area contributed by atoms with Gasteiger partial charge in [0.15, 0.2) is 9.84 Å². The zero-order chi connectivity index (χ0) is 17.0. The molecule has 23 heavy (non-hydrogen) atoms. The first-order chi connectivity index (χ1) is 10.8. The number of benzene rings is 1. The van der Waals surface area contributed by atoms with E-state index in [2.05, 4.69) is 31.3 Å². The van der Waals surface area contributed by atoms with Gasteiger partial charge in [-0.1, -0.05) is 26.0 Å². The highest BCUT2D eigenvalue weighted by atomic mass is 32.2. The number of amides is 1. The zero-order valence-electron chi connectivity index (χ0n) is 14.1. The molecule has 1 fully saturated rings. The molecule has 1 saturated heterocycles. The lowest BCUT2D eigenvalue weighted by Gasteiger charge is -2.23. The van der Waals surface area contributed by atoms with Crippen LogP contribution in [0.3, 0.4) is 0 Å². The summed E-state index contributed by atoms with van der Waals surface area (Å²) in [4.78, 5) is 13.8. The van der Waals surface area contributed by atoms with Gasteiger partial charge in [-0.05, 0) is 30.0 Å². The second-order valence-corrected chi connectivity index (χ2v) is 8.74. The van der Waals surface area contributed by atoms with E-state index in [1.807, 2.05) is 12.1 Å². The monoisotopic (exact) mass is 338 g/mol. The van der Waals surface area contributed by atoms with Gasteiger partial charge in [0.25, 0.3) is 0 Å². The molecular formula is C17H26N2O3S. The summed E-state index contributed by atoms with van der Waals surface area (Å²) in [6, 6.07) is 8.05. The van der Waals surface area contributed by atoms with Crippen LogP contribution >= 0.6 is 0 Å². The predicted octanol–water partition coefficient (Wildman–Crippen LogP) is 2.26. The normalized spacial score (nSPS) is 19.7. The maximum atomic E-state index is 12.2. The second-order valence-electron chi connectivity index (χ2n) is 6.51. The number of carbonyl (C=O) groups is 1. The van der Waals surface area contributed by atoms with Gasteiger partial charge in [-0.25, -0.2) is 8.42 Å². The Balaban J connectivity index is 1.78. The van der Waals surface area contributed by atoms with Crippen molar-refractivity contribution in [2.75, 3.05) is 30.4 Å². The van der Waals surface area contributed by atoms with E-state index in [4.69, 9.17) is 0 Å². The van der Waals surface area contributed by atoms with Gasteiger partial charge in [0.1, 0.15) is 0 Å². The fraction of sp³-hybridized carbons (Fsp3) is 0.588. The lowest BCUT2D eigenvalue weighted by molar-refractivity contribution is -0.131. The average Bonchev–Trinajstić information content (AvgIpc) is 2.87. The van der Waals surface area contributed by atoms with Crippen molar-refractivity contribution in [3.05, 3.63) is 29.8 Å². The molecule has 2 rings (SSSR count). The van der Waals surface area contributed by atoms with E-state index >= 15 is 0 Å². The van der Waals surface area contributed by atoms with Gasteiger partial charge in [-0.2, -0.15) is 0 Å². The molecule has 0 radical (unpaired) electrons. The van der Waals surface area contributed by atoms with Gasteiger partial charge in [0.2, 0.25) is 5.91 Å². The van der Waals surface area contributed by atoms with Crippen LogP contribution in [0.15, 0.2) is 24.3 Å². The van der Waals surface area contributed by atoms with Gasteiger partial charge < -0.3 is 10.2 Å². The van der Waals surface area contributed by atoms with Crippen molar-refractivity contribution in [3.8, 4) is 0 Å². The molecule has 0 bridgehead atoms. The van der Waals surface area contributed by atoms with E-state index in [0.717, 1.165) is 5.69 Å². The first-order valence-electron chi connectivity index (χ1n) is 8.08. The molecule has 0 aromatic heterocycles. The highest BCUT2D eigenvalue weighted by molar-refractivity contribution is 7.91. The van der Waals surface area contributed by atoms with E-state index in [1.165, 1.54) is 5.56 Å². The SMILES string of the molecule is CC(C)c1ccc(NCCC(=O)N(C)C2CCS(=O)(=O)C2)cc1. The largest absolute Gasteiger partial charge is 0.385 e. The number of hydrogen-bond acceptors (Lipinski definition) is 4. The van der Waals surface area contributed by atoms with Crippen molar-refractivity contribution in [1.82, 2.24) is 4.90 Å². The maximum Gasteiger partial charge on any atom is 0.224 e. The first kappa shape index (κ1) is 17.8. The third-order valence-electron chi connectivity index (χ3n) is 4.39. The molecule has 6 heteroatoms. The van der Waals surface area contributed by atoms with E-state index in [-0.39, 0.29) is 23.5 Å². The lowest BCUT2D eigenvalue weighted by Crippen LogP contribution is -2.38. The van der Waals surface area contributed by atoms with Gasteiger partial charge in [-0.3, -0.25) is 4.79 Å². The van der Waals surface area contributed by atoms with Crippen molar-refractivity contribution in [2.45, 2.75) is 38.6 Å². The summed E-state index contributed by atoms with van der Waals surface area (Å²) in [5.41, 5.74) is 2.28. The number of hydrogen-bond donors (Lipinski definition) is 1. The summed E-state index contributed by atoms with van der Waals surface area (Å²) in [5.74, 6) is 0.773. The summed E-state index contributed by atoms with van der Waals surface area (Å²) in [6.07, 6.45) is 0.910. The molecule has 1 aromatic rings. The Hall–Kier alpha value is -1.56. The molecule has 1 unspecified atom stereocenters. The predicted molar refractivity (Wildman–Crippen MR) is 93.5 cm³/mol. The van der Waals surface area contributed by atoms with E-state index in [9.17, 15) is 13.2 Å². The van der Waals surface area contributed by atoms with Gasteiger partial charge in [0, 0.05) is 31.7 Å². The Labute approximate surface area is 139 Å². The number of rotatable bonds is 6. The minimum atomic E-state index is -2.96. The van der Waals surface area contributed by atoms with Crippen molar-refractivity contribution in [3.63, 3.8) is 0 Å². The van der Waals surface area contributed by atoms with E-state index in [1.54, 1.807) is 11.9 Å². The molecule has 1 aromatic carbocycles. The van der Waals surface area contributed by atoms with Crippen molar-refractivity contribution in [1.29, 1.82) is 0 Å². The zero-order valence-corrected chi connectivity index (χ0v) is 14.9. The summed E-state index contributed by atoms with van der Waals surface area (Å²) < 4.78 is 23.0. The van der Waals surface area contributed by atoms with Crippen LogP contribution in [0.4, 0.5) is 5.69 Å². The van der Waals surface area contributed by atoms with Crippen molar-refractivity contribution < 1.29 is 13.2 Å². The number of carbonyl (C=O) groups excluding carboxylic acids is 1. The molecule has 1 aliphatic rings. The van der Waals surface area contributed by atoms with Crippen LogP contribution < -0.4 is 5.32 Å². The molecule has 0 saturated carbocycles. The number of nitrogens with zero attached hydrogens (tertiary/aromatic N) is 1. The molecule has 0 spiro atoms. The molecule has 5 nitrogen and oxygen atoms in total. The summed E-state index contributed by atoms with van der Waals surface area (Å²) in [5, 5.41) is 3.24. The van der Waals surface area contributed by atoms with Gasteiger partial charge >= 0.3 is 0 Å². The smallest absolute Gasteiger partial charge is 0.224 e. The molecular weight excluding hydrogens is 312 g/mol. The second kappa shape index (κ2) is 7.34. The minimum Gasteiger partial charge on any atom is -0.385 e. The highest BCUT2D eigenvalue weighted by Crippen LogP contribution is 2.18. The third-order valence-corrected chi connectivity index (χ3v) is 6.15. The van der Waals surface area contributed by atoms with Crippen molar-refractivity contribution in [2.24, 2.45) is 0 Å². The lowest BCUT2D eigenvalue weighted by atomic mass is 10.0. The quantitative estimate of drug-likeness (QED) is 0.864. The number of sulfone groups is 1. The fourth-order valence-electron chi connectivity index (χ4n) is 2.76. The summed E-state index contributed by atoms with van der Waals surface area (Å²) in [7, 11) is -1.26. The van der Waals surface area contributed by atoms with E-state index < -0.39 is 9.84 Å². The van der Waals surface area contributed by atoms with Crippen LogP contribution in [0.1, 0.15) is 38.2 Å². The summed E-state index contributed by atoms with van der Waals surface area (Å²) in [6.45, 7) is 4.85. The Kier molecular flexibility index (Phi) is 5.68. The minimum absolute atomic E-state index is 0.0154. The molecule has 1 atom stereocenters. The van der Waals surface area contributed by atoms with Crippen molar-refractivity contribution >= 4 is 21.4 Å². The topological polar surface area (TPSA) is 66.5 Å². The third kappa shape index (κ3) is 4.96. The number of anilines is 1. The Morgan fingerprint density at radius 2 is 1.96 bits per heavy atom. The van der Waals surface area contributed by atoms with Crippen LogP contribution in [-0.4, -0.2) is 50.4 Å². The number of nitrogens with one attached hydrogen (secondary N) is 1. The molecule has 1 amide bonds. The standard InChI is InChI=1S/C17H26N2O3S/c1-13(2)14-4-6-15(7-5-14)18-10-8-17(20)19(3)16-9-11-23(21,22)12-16/h4-7,13,16,18H,8-12H2,1-3H3. The Morgan fingerprint density at radius 1 is 1.30 bits per heavy atom. The summed E-state index contributed by atoms with van der Waals surface area (Å²) >= 11 is 0. The molecule has 0 aliphatic carbocycles. The molecule has 1 N–H and O–H groups in total. The fourth-order valence-corrected chi connectivity index (χ4v) is 4.53. The molecule has 1 aliphatic heterocycles. The van der Waals surface area contributed by atoms with Gasteiger partial charge in [-0.15, -0.1) is 0 Å². The van der Waals surface area contributed by atoms with Crippen LogP contribution in [0.2, 0.25) is 0 Å². The van der Waals surface area contributed by atoms with Crippen LogP contribution in [0, 0.1) is 0 Å². The highest BCUT2D eigenvalue weighted by Gasteiger charge is 2.32. The Morgan fingerprint density at radius 3 is 2.48 bits per heavy atom. The molecule has 128 valence electrons. The first-order valence-corrected chi connectivity index (χ1v) is 9.90. The molecule has 1 heterocycles. The van der Waals surface area contributed by atoms with Crippen LogP contribution in [0.25, 0.3) is 0 Å². The van der Waals surface area contributed by atoms with E-state index in [0.29, 0.717) is 25.3 Å². The van der Waals surface area contributed by atoms with Crippen LogP contribution in [0.5, 0.6) is 0 Å². The maximum absolute atomic E-state index is 12.2. The van der Waals surface area contributed by atoms with Gasteiger partial charge in [0.05, 0.1) is 11.5 Å². The van der Waals surface area contributed by atoms with Crippen LogP contribution in [-0.2, 0) is 14.6 Å². The average molecular weight is 338 g/mol. The Bertz CT molecular complexity index is 638.